The number of nitrogens with two attached hydrogens (primary N) is 1. The van der Waals surface area contributed by atoms with Gasteiger partial charge in [-0.25, -0.2) is 29.1 Å². The van der Waals surface area contributed by atoms with Crippen molar-refractivity contribution in [3.63, 3.8) is 0 Å². The summed E-state index contributed by atoms with van der Waals surface area (Å²) >= 11 is 12.3. The Morgan fingerprint density at radius 1 is 0.822 bits per heavy atom. The van der Waals surface area contributed by atoms with E-state index in [-0.39, 0.29) is 27.0 Å². The molecular weight excluding hydrogens is 687 g/mol. The second-order valence-corrected chi connectivity index (χ2v) is 13.9. The summed E-state index contributed by atoms with van der Waals surface area (Å²) in [6.45, 7) is -1.54. The number of aliphatic hydroxyl groups is 2. The summed E-state index contributed by atoms with van der Waals surface area (Å²) in [4.78, 5) is 37.7. The molecule has 3 saturated heterocycles. The maximum absolute atomic E-state index is 13.2. The minimum atomic E-state index is -5.03. The van der Waals surface area contributed by atoms with Crippen LogP contribution in [0.5, 0.6) is 0 Å². The molecule has 242 valence electrons. The zero-order valence-electron chi connectivity index (χ0n) is 22.4. The topological polar surface area (TPSA) is 258 Å². The summed E-state index contributed by atoms with van der Waals surface area (Å²) in [6, 6.07) is 2.94. The molecule has 6 N–H and O–H groups in total. The third kappa shape index (κ3) is 5.66. The maximum Gasteiger partial charge on any atom is 0.472 e. The number of phosphoric acid groups is 2. The lowest BCUT2D eigenvalue weighted by atomic mass is 10.1. The molecule has 3 aliphatic rings. The van der Waals surface area contributed by atoms with E-state index in [1.54, 1.807) is 0 Å². The van der Waals surface area contributed by atoms with Crippen molar-refractivity contribution >= 4 is 66.9 Å². The van der Waals surface area contributed by atoms with Crippen molar-refractivity contribution in [1.82, 2.24) is 29.1 Å². The molecule has 10 atom stereocenters. The molecule has 4 aromatic rings. The predicted molar refractivity (Wildman–Crippen MR) is 151 cm³/mol. The van der Waals surface area contributed by atoms with Gasteiger partial charge in [-0.15, -0.1) is 0 Å². The summed E-state index contributed by atoms with van der Waals surface area (Å²) in [5.41, 5.74) is 6.90. The molecular formula is C22H23Cl2N7O12P2. The highest BCUT2D eigenvalue weighted by atomic mass is 35.5. The van der Waals surface area contributed by atoms with Crippen molar-refractivity contribution < 1.29 is 56.7 Å². The Morgan fingerprint density at radius 3 is 2.00 bits per heavy atom. The third-order valence-corrected chi connectivity index (χ3v) is 10.2. The van der Waals surface area contributed by atoms with Crippen LogP contribution in [-0.4, -0.2) is 98.9 Å². The Kier molecular flexibility index (Phi) is 7.95. The molecule has 23 heteroatoms. The number of benzene rings is 1. The number of aromatic nitrogens is 6. The molecule has 45 heavy (non-hydrogen) atoms. The molecule has 6 heterocycles. The van der Waals surface area contributed by atoms with Crippen molar-refractivity contribution in [2.45, 2.75) is 49.1 Å². The molecule has 1 aromatic carbocycles. The van der Waals surface area contributed by atoms with E-state index in [2.05, 4.69) is 19.9 Å². The van der Waals surface area contributed by atoms with Gasteiger partial charge in [0.2, 0.25) is 0 Å². The van der Waals surface area contributed by atoms with Crippen LogP contribution in [-0.2, 0) is 36.7 Å². The minimum absolute atomic E-state index is 0.0325. The van der Waals surface area contributed by atoms with E-state index in [1.165, 1.54) is 33.9 Å². The van der Waals surface area contributed by atoms with E-state index in [0.717, 1.165) is 6.33 Å². The van der Waals surface area contributed by atoms with E-state index in [4.69, 9.17) is 56.5 Å². The SMILES string of the molecule is Nc1ncnc2c1ncn2C1OC2COP(=O)(O)OC3C(O)C(COP(=O)(O)OC1C2O)OC3n1cnc2cc(Cl)c(Cl)cc21. The van der Waals surface area contributed by atoms with Crippen molar-refractivity contribution in [2.24, 2.45) is 0 Å². The zero-order valence-corrected chi connectivity index (χ0v) is 25.7. The van der Waals surface area contributed by atoms with Gasteiger partial charge < -0.3 is 39.8 Å². The van der Waals surface area contributed by atoms with E-state index in [0.29, 0.717) is 11.0 Å². The monoisotopic (exact) mass is 709 g/mol. The minimum Gasteiger partial charge on any atom is -0.387 e. The summed E-state index contributed by atoms with van der Waals surface area (Å²) in [6.07, 6.45) is -8.50. The van der Waals surface area contributed by atoms with Gasteiger partial charge in [0.15, 0.2) is 23.9 Å². The Balaban J connectivity index is 1.22. The number of imidazole rings is 2. The Morgan fingerprint density at radius 2 is 1.38 bits per heavy atom. The number of hydrogen-bond donors (Lipinski definition) is 5. The number of nitrogens with zero attached hydrogens (tertiary/aromatic N) is 6. The van der Waals surface area contributed by atoms with Gasteiger partial charge in [0, 0.05) is 0 Å². The second-order valence-electron chi connectivity index (χ2n) is 10.3. The van der Waals surface area contributed by atoms with Crippen LogP contribution in [0.1, 0.15) is 12.5 Å². The number of phosphoric ester groups is 2. The van der Waals surface area contributed by atoms with E-state index < -0.39 is 77.9 Å². The smallest absolute Gasteiger partial charge is 0.387 e. The van der Waals surface area contributed by atoms with Gasteiger partial charge in [0.05, 0.1) is 46.9 Å². The van der Waals surface area contributed by atoms with Gasteiger partial charge in [-0.2, -0.15) is 0 Å². The van der Waals surface area contributed by atoms with Gasteiger partial charge in [-0.3, -0.25) is 22.7 Å². The normalized spacial score (nSPS) is 37.7. The van der Waals surface area contributed by atoms with Crippen molar-refractivity contribution in [3.8, 4) is 0 Å². The highest BCUT2D eigenvalue weighted by molar-refractivity contribution is 7.47. The summed E-state index contributed by atoms with van der Waals surface area (Å²) in [5.74, 6) is 0.0325. The Hall–Kier alpha value is -2.32. The lowest BCUT2D eigenvalue weighted by Gasteiger charge is -2.26. The van der Waals surface area contributed by atoms with Crippen molar-refractivity contribution in [1.29, 1.82) is 0 Å². The molecule has 7 rings (SSSR count). The van der Waals surface area contributed by atoms with Crippen LogP contribution in [0.2, 0.25) is 10.0 Å². The van der Waals surface area contributed by atoms with Crippen molar-refractivity contribution in [3.05, 3.63) is 41.2 Å². The Bertz CT molecular complexity index is 1880. The number of anilines is 1. The first-order valence-corrected chi connectivity index (χ1v) is 16.8. The maximum atomic E-state index is 13.2. The van der Waals surface area contributed by atoms with Crippen LogP contribution in [0, 0.1) is 0 Å². The first-order chi connectivity index (χ1) is 21.3. The van der Waals surface area contributed by atoms with Gasteiger partial charge in [-0.05, 0) is 12.1 Å². The molecule has 0 aliphatic carbocycles. The van der Waals surface area contributed by atoms with Crippen LogP contribution in [0.15, 0.2) is 31.1 Å². The molecule has 0 radical (unpaired) electrons. The zero-order chi connectivity index (χ0) is 31.8. The molecule has 19 nitrogen and oxygen atoms in total. The molecule has 10 unspecified atom stereocenters. The van der Waals surface area contributed by atoms with Crippen LogP contribution >= 0.6 is 38.8 Å². The third-order valence-electron chi connectivity index (χ3n) is 7.49. The van der Waals surface area contributed by atoms with Crippen molar-refractivity contribution in [2.75, 3.05) is 18.9 Å². The van der Waals surface area contributed by atoms with Gasteiger partial charge in [-0.1, -0.05) is 23.2 Å². The van der Waals surface area contributed by atoms with Crippen LogP contribution in [0.25, 0.3) is 22.2 Å². The fourth-order valence-electron chi connectivity index (χ4n) is 5.37. The molecule has 3 aromatic heterocycles. The van der Waals surface area contributed by atoms with Crippen LogP contribution in [0.4, 0.5) is 5.82 Å². The van der Waals surface area contributed by atoms with Crippen LogP contribution in [0.3, 0.4) is 0 Å². The number of aliphatic hydroxyl groups excluding tert-OH is 2. The molecule has 0 saturated carbocycles. The number of ether oxygens (including phenoxy) is 2. The number of hydrogen-bond acceptors (Lipinski definition) is 15. The molecule has 3 aliphatic heterocycles. The average Bonchev–Trinajstić information content (AvgIpc) is 3.73. The first kappa shape index (κ1) is 31.3. The second kappa shape index (κ2) is 11.4. The van der Waals surface area contributed by atoms with E-state index in [9.17, 15) is 29.1 Å². The fourth-order valence-corrected chi connectivity index (χ4v) is 7.55. The predicted octanol–water partition coefficient (Wildman–Crippen LogP) is 1.30. The number of rotatable bonds is 2. The highest BCUT2D eigenvalue weighted by Crippen LogP contribution is 2.54. The molecule has 0 spiro atoms. The number of nitrogen functional groups attached to an aromatic ring is 1. The van der Waals surface area contributed by atoms with Gasteiger partial charge in [0.25, 0.3) is 0 Å². The van der Waals surface area contributed by atoms with Gasteiger partial charge in [0.1, 0.15) is 48.5 Å². The molecule has 0 amide bonds. The number of halogens is 2. The lowest BCUT2D eigenvalue weighted by Crippen LogP contribution is -2.38. The van der Waals surface area contributed by atoms with Gasteiger partial charge >= 0.3 is 15.6 Å². The summed E-state index contributed by atoms with van der Waals surface area (Å²) in [7, 11) is -10.1. The Labute approximate surface area is 261 Å². The fraction of sp³-hybridized carbons (Fsp3) is 0.455. The quantitative estimate of drug-likeness (QED) is 0.184. The molecule has 4 bridgehead atoms. The lowest BCUT2D eigenvalue weighted by molar-refractivity contribution is -0.0674. The van der Waals surface area contributed by atoms with Crippen LogP contribution < -0.4 is 5.73 Å². The van der Waals surface area contributed by atoms with E-state index >= 15 is 0 Å². The standard InChI is InChI=1S/C22H23Cl2N7O12P2/c23-8-1-10-11(2-9(8)24)30(6-28-10)21-17-15(32)12(40-21)3-38-45(36,37)43-18-16(33)13(4-39-44(34,35)42-17)41-22(18)31-7-29-14-19(25)26-5-27-20(14)31/h1-2,5-7,12-13,15-18,21-22,32-33H,3-4H2,(H,34,35)(H,36,37)(H2,25,26,27). The van der Waals surface area contributed by atoms with E-state index in [1.807, 2.05) is 0 Å². The average molecular weight is 710 g/mol. The largest absolute Gasteiger partial charge is 0.472 e. The molecule has 3 fully saturated rings. The summed E-state index contributed by atoms with van der Waals surface area (Å²) in [5, 5.41) is 22.6. The highest BCUT2D eigenvalue weighted by Gasteiger charge is 2.53. The summed E-state index contributed by atoms with van der Waals surface area (Å²) < 4.78 is 61.9. The first-order valence-electron chi connectivity index (χ1n) is 13.0. The number of fused-ring (bicyclic) bond motifs is 6.